The van der Waals surface area contributed by atoms with Crippen LogP contribution in [-0.4, -0.2) is 26.8 Å². The molecule has 6 heteroatoms. The first-order valence-electron chi connectivity index (χ1n) is 8.55. The van der Waals surface area contributed by atoms with E-state index in [1.165, 1.54) is 11.3 Å². The number of aromatic nitrogens is 2. The maximum atomic E-state index is 13.0. The summed E-state index contributed by atoms with van der Waals surface area (Å²) in [6, 6.07) is 11.2. The highest BCUT2D eigenvalue weighted by Gasteiger charge is 2.28. The van der Waals surface area contributed by atoms with Crippen molar-refractivity contribution < 1.29 is 4.79 Å². The first-order valence-corrected chi connectivity index (χ1v) is 9.43. The minimum absolute atomic E-state index is 0.0257. The number of amides is 1. The Morgan fingerprint density at radius 3 is 2.76 bits per heavy atom. The molecule has 0 saturated heterocycles. The van der Waals surface area contributed by atoms with Gasteiger partial charge >= 0.3 is 0 Å². The number of carbonyl (C=O) groups is 1. The number of aromatic amines is 1. The average Bonchev–Trinajstić information content (AvgIpc) is 3.33. The number of carbonyl (C=O) groups excluding carboxylic acids is 1. The largest absolute Gasteiger partial charge is 0.327 e. The Bertz CT molecular complexity index is 943. The highest BCUT2D eigenvalue weighted by molar-refractivity contribution is 7.12. The molecular formula is C19H19N3O2S. The standard InChI is InChI=1S/C19H19N3O2S/c23-18-14-8-3-4-9-15(14)20-17(21-18)12-22(13-6-1-2-7-13)19(24)16-10-5-11-25-16/h3-5,8-11,13H,1-2,6-7,12H2,(H,20,21,23). The summed E-state index contributed by atoms with van der Waals surface area (Å²) in [7, 11) is 0. The Morgan fingerprint density at radius 2 is 2.00 bits per heavy atom. The third-order valence-corrected chi connectivity index (χ3v) is 5.60. The highest BCUT2D eigenvalue weighted by Crippen LogP contribution is 2.27. The van der Waals surface area contributed by atoms with Crippen LogP contribution < -0.4 is 5.56 Å². The smallest absolute Gasteiger partial charge is 0.264 e. The fourth-order valence-electron chi connectivity index (χ4n) is 3.50. The Labute approximate surface area is 149 Å². The Hall–Kier alpha value is -2.47. The van der Waals surface area contributed by atoms with Crippen molar-refractivity contribution in [1.82, 2.24) is 14.9 Å². The molecular weight excluding hydrogens is 334 g/mol. The zero-order valence-electron chi connectivity index (χ0n) is 13.8. The highest BCUT2D eigenvalue weighted by atomic mass is 32.1. The lowest BCUT2D eigenvalue weighted by Crippen LogP contribution is -2.38. The van der Waals surface area contributed by atoms with Gasteiger partial charge in [-0.2, -0.15) is 0 Å². The number of rotatable bonds is 4. The Balaban J connectivity index is 1.68. The summed E-state index contributed by atoms with van der Waals surface area (Å²) in [5.41, 5.74) is 0.506. The van der Waals surface area contributed by atoms with Gasteiger partial charge in [-0.1, -0.05) is 31.0 Å². The lowest BCUT2D eigenvalue weighted by atomic mass is 10.2. The van der Waals surface area contributed by atoms with Gasteiger partial charge in [0.15, 0.2) is 0 Å². The number of fused-ring (bicyclic) bond motifs is 1. The number of hydrogen-bond donors (Lipinski definition) is 1. The van der Waals surface area contributed by atoms with E-state index in [4.69, 9.17) is 0 Å². The third kappa shape index (κ3) is 3.22. The summed E-state index contributed by atoms with van der Waals surface area (Å²) in [5, 5.41) is 2.49. The van der Waals surface area contributed by atoms with Gasteiger partial charge in [0, 0.05) is 6.04 Å². The maximum Gasteiger partial charge on any atom is 0.264 e. The molecule has 3 aromatic rings. The van der Waals surface area contributed by atoms with Crippen molar-refractivity contribution in [3.05, 3.63) is 62.8 Å². The number of benzene rings is 1. The molecule has 4 rings (SSSR count). The first-order chi connectivity index (χ1) is 12.2. The van der Waals surface area contributed by atoms with Gasteiger partial charge in [-0.15, -0.1) is 11.3 Å². The number of nitrogens with one attached hydrogen (secondary N) is 1. The minimum Gasteiger partial charge on any atom is -0.327 e. The van der Waals surface area contributed by atoms with Gasteiger partial charge in [0.25, 0.3) is 11.5 Å². The first kappa shape index (κ1) is 16.0. The van der Waals surface area contributed by atoms with Gasteiger partial charge in [-0.3, -0.25) is 9.59 Å². The number of nitrogens with zero attached hydrogens (tertiary/aromatic N) is 2. The molecule has 25 heavy (non-hydrogen) atoms. The van der Waals surface area contributed by atoms with E-state index >= 15 is 0 Å². The second kappa shape index (κ2) is 6.80. The molecule has 2 heterocycles. The predicted octanol–water partition coefficient (Wildman–Crippen LogP) is 3.57. The van der Waals surface area contributed by atoms with Crippen LogP contribution in [0.1, 0.15) is 41.2 Å². The van der Waals surface area contributed by atoms with E-state index in [0.717, 1.165) is 30.6 Å². The summed E-state index contributed by atoms with van der Waals surface area (Å²) < 4.78 is 0. The van der Waals surface area contributed by atoms with Crippen LogP contribution in [0.5, 0.6) is 0 Å². The van der Waals surface area contributed by atoms with Crippen LogP contribution in [0, 0.1) is 0 Å². The third-order valence-electron chi connectivity index (χ3n) is 4.74. The van der Waals surface area contributed by atoms with Crippen LogP contribution in [0.4, 0.5) is 0 Å². The monoisotopic (exact) mass is 353 g/mol. The van der Waals surface area contributed by atoms with Crippen molar-refractivity contribution in [1.29, 1.82) is 0 Å². The molecule has 0 bridgehead atoms. The zero-order valence-corrected chi connectivity index (χ0v) is 14.6. The van der Waals surface area contributed by atoms with E-state index in [-0.39, 0.29) is 17.5 Å². The van der Waals surface area contributed by atoms with Gasteiger partial charge in [-0.05, 0) is 36.4 Å². The fraction of sp³-hybridized carbons (Fsp3) is 0.316. The van der Waals surface area contributed by atoms with Crippen molar-refractivity contribution in [2.75, 3.05) is 0 Å². The van der Waals surface area contributed by atoms with Crippen LogP contribution >= 0.6 is 11.3 Å². The van der Waals surface area contributed by atoms with Crippen LogP contribution in [0.15, 0.2) is 46.6 Å². The zero-order chi connectivity index (χ0) is 17.2. The molecule has 2 aromatic heterocycles. The van der Waals surface area contributed by atoms with Gasteiger partial charge in [0.2, 0.25) is 0 Å². The van der Waals surface area contributed by atoms with Crippen LogP contribution in [0.25, 0.3) is 10.9 Å². The van der Waals surface area contributed by atoms with Crippen molar-refractivity contribution >= 4 is 28.1 Å². The van der Waals surface area contributed by atoms with Gasteiger partial charge in [0.1, 0.15) is 5.82 Å². The van der Waals surface area contributed by atoms with Crippen LogP contribution in [0.2, 0.25) is 0 Å². The molecule has 1 aliphatic rings. The minimum atomic E-state index is -0.157. The fourth-order valence-corrected chi connectivity index (χ4v) is 4.17. The maximum absolute atomic E-state index is 13.0. The molecule has 128 valence electrons. The van der Waals surface area contributed by atoms with E-state index in [1.807, 2.05) is 40.6 Å². The molecule has 1 amide bonds. The molecule has 5 nitrogen and oxygen atoms in total. The number of hydrogen-bond acceptors (Lipinski definition) is 4. The molecule has 0 unspecified atom stereocenters. The molecule has 1 N–H and O–H groups in total. The number of H-pyrrole nitrogens is 1. The predicted molar refractivity (Wildman–Crippen MR) is 98.8 cm³/mol. The molecule has 1 saturated carbocycles. The van der Waals surface area contributed by atoms with E-state index in [1.54, 1.807) is 6.07 Å². The summed E-state index contributed by atoms with van der Waals surface area (Å²) >= 11 is 1.45. The molecule has 1 aromatic carbocycles. The van der Waals surface area contributed by atoms with Crippen LogP contribution in [-0.2, 0) is 6.54 Å². The number of thiophene rings is 1. The SMILES string of the molecule is O=C(c1cccs1)N(Cc1nc2ccccc2c(=O)[nH]1)C1CCCC1. The van der Waals surface area contributed by atoms with Crippen molar-refractivity contribution in [3.63, 3.8) is 0 Å². The second-order valence-electron chi connectivity index (χ2n) is 6.38. The lowest BCUT2D eigenvalue weighted by Gasteiger charge is -2.28. The molecule has 1 fully saturated rings. The van der Waals surface area contributed by atoms with E-state index in [9.17, 15) is 9.59 Å². The summed E-state index contributed by atoms with van der Waals surface area (Å²) in [4.78, 5) is 35.3. The van der Waals surface area contributed by atoms with Crippen molar-refractivity contribution in [2.24, 2.45) is 0 Å². The summed E-state index contributed by atoms with van der Waals surface area (Å²) in [6.07, 6.45) is 4.30. The van der Waals surface area contributed by atoms with Gasteiger partial charge < -0.3 is 9.88 Å². The molecule has 0 radical (unpaired) electrons. The normalized spacial score (nSPS) is 14.9. The Morgan fingerprint density at radius 1 is 1.20 bits per heavy atom. The quantitative estimate of drug-likeness (QED) is 0.780. The lowest BCUT2D eigenvalue weighted by molar-refractivity contribution is 0.0664. The Kier molecular flexibility index (Phi) is 4.36. The van der Waals surface area contributed by atoms with E-state index < -0.39 is 0 Å². The van der Waals surface area contributed by atoms with Gasteiger partial charge in [0.05, 0.1) is 22.3 Å². The van der Waals surface area contributed by atoms with E-state index in [2.05, 4.69) is 9.97 Å². The second-order valence-corrected chi connectivity index (χ2v) is 7.33. The molecule has 0 atom stereocenters. The average molecular weight is 353 g/mol. The summed E-state index contributed by atoms with van der Waals surface area (Å²) in [6.45, 7) is 0.335. The summed E-state index contributed by atoms with van der Waals surface area (Å²) in [5.74, 6) is 0.568. The van der Waals surface area contributed by atoms with E-state index in [0.29, 0.717) is 23.3 Å². The topological polar surface area (TPSA) is 66.1 Å². The molecule has 0 aliphatic heterocycles. The molecule has 1 aliphatic carbocycles. The van der Waals surface area contributed by atoms with Crippen LogP contribution in [0.3, 0.4) is 0 Å². The van der Waals surface area contributed by atoms with Gasteiger partial charge in [-0.25, -0.2) is 4.98 Å². The number of para-hydroxylation sites is 1. The molecule has 0 spiro atoms. The van der Waals surface area contributed by atoms with Crippen molar-refractivity contribution in [2.45, 2.75) is 38.3 Å². The van der Waals surface area contributed by atoms with Crippen molar-refractivity contribution in [3.8, 4) is 0 Å².